The number of H-pyrrole nitrogens is 1. The minimum Gasteiger partial charge on any atom is -0.501 e. The predicted molar refractivity (Wildman–Crippen MR) is 121 cm³/mol. The van der Waals surface area contributed by atoms with Crippen LogP contribution in [0, 0.1) is 5.82 Å². The molecule has 2 amide bonds. The standard InChI is InChI=1S/C23H22FN5O5/c1-23(2,28-22(33)34-13-15-6-4-3-5-7-15)21-26-17(18(30)20(32)27-21)19(31)29-25-12-14-8-10-16(24)11-9-14/h3-12,30H,13H2,1-2H3,(H,28,33)(H,29,31)(H,26,27,32)/b25-12+. The number of nitrogens with zero attached hydrogens (tertiary/aromatic N) is 2. The average molecular weight is 467 g/mol. The topological polar surface area (TPSA) is 146 Å². The van der Waals surface area contributed by atoms with Crippen LogP contribution in [0.25, 0.3) is 0 Å². The second kappa shape index (κ2) is 10.4. The molecule has 0 saturated carbocycles. The van der Waals surface area contributed by atoms with E-state index in [9.17, 15) is 23.9 Å². The van der Waals surface area contributed by atoms with Crippen molar-refractivity contribution in [2.45, 2.75) is 26.0 Å². The van der Waals surface area contributed by atoms with Gasteiger partial charge < -0.3 is 20.1 Å². The Morgan fingerprint density at radius 2 is 1.85 bits per heavy atom. The van der Waals surface area contributed by atoms with Crippen molar-refractivity contribution in [3.8, 4) is 5.75 Å². The van der Waals surface area contributed by atoms with Gasteiger partial charge in [-0.2, -0.15) is 5.10 Å². The van der Waals surface area contributed by atoms with E-state index >= 15 is 0 Å². The Labute approximate surface area is 193 Å². The first-order chi connectivity index (χ1) is 16.2. The Bertz CT molecular complexity index is 1260. The van der Waals surface area contributed by atoms with E-state index < -0.39 is 40.4 Å². The molecule has 34 heavy (non-hydrogen) atoms. The van der Waals surface area contributed by atoms with Gasteiger partial charge in [-0.25, -0.2) is 19.6 Å². The summed E-state index contributed by atoms with van der Waals surface area (Å²) < 4.78 is 18.1. The van der Waals surface area contributed by atoms with E-state index in [1.54, 1.807) is 12.1 Å². The van der Waals surface area contributed by atoms with E-state index in [0.717, 1.165) is 5.56 Å². The minimum absolute atomic E-state index is 0.0298. The molecule has 3 aromatic rings. The van der Waals surface area contributed by atoms with Crippen molar-refractivity contribution in [2.24, 2.45) is 5.10 Å². The normalized spacial score (nSPS) is 11.3. The third kappa shape index (κ3) is 6.25. The first-order valence-electron chi connectivity index (χ1n) is 10.1. The summed E-state index contributed by atoms with van der Waals surface area (Å²) in [6.07, 6.45) is 0.468. The van der Waals surface area contributed by atoms with Crippen molar-refractivity contribution in [3.05, 3.63) is 93.4 Å². The molecule has 2 aromatic carbocycles. The van der Waals surface area contributed by atoms with Gasteiger partial charge >= 0.3 is 6.09 Å². The lowest BCUT2D eigenvalue weighted by Crippen LogP contribution is -2.44. The molecular formula is C23H22FN5O5. The molecule has 11 heteroatoms. The largest absolute Gasteiger partial charge is 0.501 e. The van der Waals surface area contributed by atoms with Crippen LogP contribution >= 0.6 is 0 Å². The first kappa shape index (κ1) is 24.1. The molecule has 0 saturated heterocycles. The number of rotatable bonds is 7. The molecule has 0 bridgehead atoms. The third-order valence-corrected chi connectivity index (χ3v) is 4.58. The van der Waals surface area contributed by atoms with Gasteiger partial charge in [-0.1, -0.05) is 42.5 Å². The van der Waals surface area contributed by atoms with Gasteiger partial charge in [0.1, 0.15) is 18.2 Å². The maximum absolute atomic E-state index is 13.0. The van der Waals surface area contributed by atoms with Gasteiger partial charge in [0.15, 0.2) is 5.69 Å². The van der Waals surface area contributed by atoms with E-state index in [2.05, 4.69) is 25.8 Å². The number of halogens is 1. The summed E-state index contributed by atoms with van der Waals surface area (Å²) in [6.45, 7) is 3.09. The molecule has 0 aliphatic heterocycles. The fourth-order valence-electron chi connectivity index (χ4n) is 2.76. The van der Waals surface area contributed by atoms with Gasteiger partial charge in [0, 0.05) is 0 Å². The molecule has 1 heterocycles. The number of aromatic amines is 1. The number of amides is 2. The number of hydrazone groups is 1. The van der Waals surface area contributed by atoms with Crippen molar-refractivity contribution in [1.29, 1.82) is 0 Å². The molecule has 0 spiro atoms. The Morgan fingerprint density at radius 3 is 2.53 bits per heavy atom. The van der Waals surface area contributed by atoms with E-state index in [1.807, 2.05) is 18.2 Å². The van der Waals surface area contributed by atoms with Gasteiger partial charge in [0.25, 0.3) is 11.5 Å². The second-order valence-corrected chi connectivity index (χ2v) is 7.67. The fraction of sp³-hybridized carbons (Fsp3) is 0.174. The average Bonchev–Trinajstić information content (AvgIpc) is 2.81. The van der Waals surface area contributed by atoms with Crippen molar-refractivity contribution in [3.63, 3.8) is 0 Å². The summed E-state index contributed by atoms with van der Waals surface area (Å²) >= 11 is 0. The van der Waals surface area contributed by atoms with Crippen molar-refractivity contribution in [1.82, 2.24) is 20.7 Å². The Kier molecular flexibility index (Phi) is 7.36. The molecule has 0 radical (unpaired) electrons. The Hall–Kier alpha value is -4.54. The van der Waals surface area contributed by atoms with Crippen LogP contribution in [-0.4, -0.2) is 33.3 Å². The van der Waals surface area contributed by atoms with Gasteiger partial charge in [0.2, 0.25) is 5.75 Å². The highest BCUT2D eigenvalue weighted by Gasteiger charge is 2.29. The number of hydrogen-bond donors (Lipinski definition) is 4. The zero-order valence-corrected chi connectivity index (χ0v) is 18.3. The van der Waals surface area contributed by atoms with E-state index in [4.69, 9.17) is 4.74 Å². The number of aromatic hydroxyl groups is 1. The van der Waals surface area contributed by atoms with Crippen molar-refractivity contribution in [2.75, 3.05) is 0 Å². The summed E-state index contributed by atoms with van der Waals surface area (Å²) in [5.41, 5.74) is 0.579. The van der Waals surface area contributed by atoms with Crippen LogP contribution in [-0.2, 0) is 16.9 Å². The predicted octanol–water partition coefficient (Wildman–Crippen LogP) is 2.54. The number of benzene rings is 2. The summed E-state index contributed by atoms with van der Waals surface area (Å²) in [5, 5.41) is 16.3. The summed E-state index contributed by atoms with van der Waals surface area (Å²) in [6, 6.07) is 14.4. The quantitative estimate of drug-likeness (QED) is 0.310. The fourth-order valence-corrected chi connectivity index (χ4v) is 2.76. The SMILES string of the molecule is CC(C)(NC(=O)OCc1ccccc1)c1nc(C(=O)N/N=C/c2ccc(F)cc2)c(O)c(=O)[nH]1. The first-order valence-corrected chi connectivity index (χ1v) is 10.1. The molecule has 0 fully saturated rings. The summed E-state index contributed by atoms with van der Waals surface area (Å²) in [7, 11) is 0. The van der Waals surface area contributed by atoms with Crippen LogP contribution in [0.1, 0.15) is 41.3 Å². The number of hydrogen-bond acceptors (Lipinski definition) is 7. The number of ether oxygens (including phenoxy) is 1. The zero-order chi connectivity index (χ0) is 24.7. The van der Waals surface area contributed by atoms with E-state index in [1.165, 1.54) is 44.3 Å². The highest BCUT2D eigenvalue weighted by Crippen LogP contribution is 2.18. The van der Waals surface area contributed by atoms with E-state index in [-0.39, 0.29) is 12.4 Å². The lowest BCUT2D eigenvalue weighted by molar-refractivity contribution is 0.0946. The minimum atomic E-state index is -1.27. The van der Waals surface area contributed by atoms with Gasteiger partial charge in [-0.15, -0.1) is 0 Å². The number of alkyl carbamates (subject to hydrolysis) is 1. The number of nitrogens with one attached hydrogen (secondary N) is 3. The molecule has 1 aromatic heterocycles. The molecule has 4 N–H and O–H groups in total. The molecule has 176 valence electrons. The lowest BCUT2D eigenvalue weighted by atomic mass is 10.0. The molecule has 0 atom stereocenters. The number of carbonyl (C=O) groups excluding carboxylic acids is 2. The molecule has 3 rings (SSSR count). The van der Waals surface area contributed by atoms with Crippen LogP contribution in [0.4, 0.5) is 9.18 Å². The van der Waals surface area contributed by atoms with Crippen LogP contribution in [0.2, 0.25) is 0 Å². The third-order valence-electron chi connectivity index (χ3n) is 4.58. The summed E-state index contributed by atoms with van der Waals surface area (Å²) in [4.78, 5) is 43.2. The van der Waals surface area contributed by atoms with Gasteiger partial charge in [0.05, 0.1) is 11.8 Å². The molecule has 0 aliphatic rings. The Morgan fingerprint density at radius 1 is 1.18 bits per heavy atom. The highest BCUT2D eigenvalue weighted by atomic mass is 19.1. The zero-order valence-electron chi connectivity index (χ0n) is 18.3. The van der Waals surface area contributed by atoms with Crippen LogP contribution < -0.4 is 16.3 Å². The van der Waals surface area contributed by atoms with Crippen molar-refractivity contribution < 1.29 is 23.8 Å². The maximum atomic E-state index is 13.0. The number of carbonyl (C=O) groups is 2. The molecule has 0 unspecified atom stereocenters. The molecule has 0 aliphatic carbocycles. The molecular weight excluding hydrogens is 445 g/mol. The monoisotopic (exact) mass is 467 g/mol. The maximum Gasteiger partial charge on any atom is 0.408 e. The van der Waals surface area contributed by atoms with Gasteiger partial charge in [-0.05, 0) is 37.1 Å². The lowest BCUT2D eigenvalue weighted by Gasteiger charge is -2.25. The van der Waals surface area contributed by atoms with Crippen molar-refractivity contribution >= 4 is 18.2 Å². The summed E-state index contributed by atoms with van der Waals surface area (Å²) in [5.74, 6) is -2.41. The van der Waals surface area contributed by atoms with Crippen LogP contribution in [0.5, 0.6) is 5.75 Å². The van der Waals surface area contributed by atoms with E-state index in [0.29, 0.717) is 5.56 Å². The van der Waals surface area contributed by atoms with Crippen LogP contribution in [0.15, 0.2) is 64.5 Å². The molecule has 10 nitrogen and oxygen atoms in total. The smallest absolute Gasteiger partial charge is 0.408 e. The highest BCUT2D eigenvalue weighted by molar-refractivity contribution is 5.95. The second-order valence-electron chi connectivity index (χ2n) is 7.67. The number of aromatic nitrogens is 2. The Balaban J connectivity index is 1.71. The van der Waals surface area contributed by atoms with Gasteiger partial charge in [-0.3, -0.25) is 9.59 Å². The van der Waals surface area contributed by atoms with Crippen LogP contribution in [0.3, 0.4) is 0 Å².